The Morgan fingerprint density at radius 2 is 0.646 bits per heavy atom. The Labute approximate surface area is 758 Å². The maximum atomic E-state index is 5.13. The molecule has 0 N–H and O–H groups in total. The normalized spacial score (nSPS) is 22.9. The summed E-state index contributed by atoms with van der Waals surface area (Å²) in [6, 6.07) is 138. The van der Waals surface area contributed by atoms with Crippen LogP contribution in [0.5, 0.6) is 0 Å². The van der Waals surface area contributed by atoms with Gasteiger partial charge < -0.3 is 22.7 Å². The van der Waals surface area contributed by atoms with Gasteiger partial charge in [-0.1, -0.05) is 285 Å². The summed E-state index contributed by atoms with van der Waals surface area (Å²) in [7, 11) is 0. The molecule has 0 spiro atoms. The lowest BCUT2D eigenvalue weighted by Gasteiger charge is -2.63. The highest BCUT2D eigenvalue weighted by Gasteiger charge is 2.59. The van der Waals surface area contributed by atoms with Crippen LogP contribution in [0, 0.1) is 35.5 Å². The van der Waals surface area contributed by atoms with E-state index in [4.69, 9.17) is 19.9 Å². The van der Waals surface area contributed by atoms with Crippen LogP contribution in [0.2, 0.25) is 0 Å². The lowest BCUT2D eigenvalue weighted by Crippen LogP contribution is -2.58. The summed E-state index contributed by atoms with van der Waals surface area (Å²) in [6.07, 6.45) is 23.5. The van der Waals surface area contributed by atoms with E-state index in [0.29, 0.717) is 35.5 Å². The van der Waals surface area contributed by atoms with E-state index in [9.17, 15) is 0 Å². The van der Waals surface area contributed by atoms with Crippen LogP contribution in [0.15, 0.2) is 395 Å². The van der Waals surface area contributed by atoms with Gasteiger partial charge in [-0.15, -0.1) is 0 Å². The zero-order valence-corrected chi connectivity index (χ0v) is 73.0. The van der Waals surface area contributed by atoms with Gasteiger partial charge in [0.2, 0.25) is 0 Å². The summed E-state index contributed by atoms with van der Waals surface area (Å²) in [5, 5.41) is 9.27. The second kappa shape index (κ2) is 31.3. The fourth-order valence-electron chi connectivity index (χ4n) is 26.8. The van der Waals surface area contributed by atoms with Crippen molar-refractivity contribution in [2.45, 2.75) is 118 Å². The Hall–Kier alpha value is -14.3. The molecule has 9 aliphatic carbocycles. The fraction of sp³-hybridized carbons (Fsp3) is 0.207. The van der Waals surface area contributed by atoms with Crippen molar-refractivity contribution < 1.29 is 0 Å². The van der Waals surface area contributed by atoms with E-state index in [1.807, 2.05) is 24.3 Å². The van der Waals surface area contributed by atoms with E-state index in [1.165, 1.54) is 204 Å². The molecule has 9 aliphatic rings. The molecule has 7 heterocycles. The number of fused-ring (bicyclic) bond motifs is 16. The van der Waals surface area contributed by atoms with Gasteiger partial charge in [-0.05, 0) is 261 Å². The van der Waals surface area contributed by atoms with Crippen molar-refractivity contribution >= 4 is 82.0 Å². The maximum absolute atomic E-state index is 5.13. The number of nitrogens with zero attached hydrogens (tertiary/aromatic N) is 9. The summed E-state index contributed by atoms with van der Waals surface area (Å²) >= 11 is 0. The van der Waals surface area contributed by atoms with Crippen molar-refractivity contribution in [1.29, 1.82) is 0 Å². The number of rotatable bonds is 13. The molecule has 0 saturated heterocycles. The van der Waals surface area contributed by atoms with Gasteiger partial charge in [-0.3, -0.25) is 0 Å². The molecule has 14 aromatic carbocycles. The number of benzene rings is 14. The van der Waals surface area contributed by atoms with Crippen LogP contribution in [0.3, 0.4) is 0 Å². The minimum atomic E-state index is 0.183. The third-order valence-electron chi connectivity index (χ3n) is 32.0. The first kappa shape index (κ1) is 76.9. The fourth-order valence-corrected chi connectivity index (χ4v) is 26.8. The first-order chi connectivity index (χ1) is 64.3. The number of para-hydroxylation sites is 7. The Kier molecular flexibility index (Phi) is 18.5. The van der Waals surface area contributed by atoms with E-state index in [2.05, 4.69) is 393 Å². The SMILES string of the molecule is c1ccc(-c2cn(C34CC5CC(CC(c6ccc(-n7c8ccccc8c8ccccc87)cc6)(C5)C3)C4)c3ccccc23)cc1.c1ccc(-c2nc(-c3ccccc3)nc(C3CC4CCC3CC4c3ccc(-n4c5ccccc5c5ccccc54)cc3)n2)cc1.c1ccc2c(c1)c1ccccc1n2-c1ccc(C2CC3CC2CC3c2ccc(-c3cn4ccccc4n3)cc2)cc1. The summed E-state index contributed by atoms with van der Waals surface area (Å²) in [5.74, 6) is 9.20. The van der Waals surface area contributed by atoms with Crippen LogP contribution in [-0.2, 0) is 11.0 Å². The number of imidazole rings is 1. The molecule has 8 bridgehead atoms. The van der Waals surface area contributed by atoms with Crippen LogP contribution < -0.4 is 0 Å². The third-order valence-corrected chi connectivity index (χ3v) is 32.0. The monoisotopic (exact) mass is 1680 g/mol. The van der Waals surface area contributed by atoms with Gasteiger partial charge in [0.05, 0.1) is 38.8 Å². The molecule has 9 fully saturated rings. The molecule has 0 amide bonds. The molecule has 9 nitrogen and oxygen atoms in total. The molecule has 9 heteroatoms. The van der Waals surface area contributed by atoms with Crippen molar-refractivity contribution in [3.63, 3.8) is 0 Å². The summed E-state index contributed by atoms with van der Waals surface area (Å²) < 4.78 is 12.1. The number of hydrogen-bond acceptors (Lipinski definition) is 4. The van der Waals surface area contributed by atoms with E-state index < -0.39 is 0 Å². The van der Waals surface area contributed by atoms with Crippen LogP contribution in [0.1, 0.15) is 135 Å². The van der Waals surface area contributed by atoms with Crippen LogP contribution in [-0.4, -0.2) is 42.6 Å². The van der Waals surface area contributed by atoms with Gasteiger partial charge >= 0.3 is 0 Å². The van der Waals surface area contributed by atoms with Gasteiger partial charge in [0.15, 0.2) is 11.6 Å². The number of aromatic nitrogens is 9. The zero-order chi connectivity index (χ0) is 85.5. The first-order valence-electron chi connectivity index (χ1n) is 47.6. The molecule has 130 heavy (non-hydrogen) atoms. The molecule has 7 aromatic heterocycles. The van der Waals surface area contributed by atoms with E-state index >= 15 is 0 Å². The quantitative estimate of drug-likeness (QED) is 0.115. The molecular formula is C121H101N9. The Morgan fingerprint density at radius 3 is 1.08 bits per heavy atom. The largest absolute Gasteiger partial charge is 0.341 e. The second-order valence-corrected chi connectivity index (χ2v) is 39.1. The van der Waals surface area contributed by atoms with Gasteiger partial charge in [0.1, 0.15) is 11.5 Å². The summed E-state index contributed by atoms with van der Waals surface area (Å²) in [5.41, 5.74) is 27.3. The molecule has 10 unspecified atom stereocenters. The van der Waals surface area contributed by atoms with Crippen molar-refractivity contribution in [3.8, 4) is 62.2 Å². The van der Waals surface area contributed by atoms with Crippen molar-refractivity contribution in [3.05, 3.63) is 423 Å². The van der Waals surface area contributed by atoms with Crippen LogP contribution in [0.4, 0.5) is 0 Å². The molecular weight excluding hydrogens is 1580 g/mol. The number of pyridine rings is 1. The van der Waals surface area contributed by atoms with Crippen molar-refractivity contribution in [2.24, 2.45) is 35.5 Å². The smallest absolute Gasteiger partial charge is 0.163 e. The standard InChI is InChI=1S/C42H36N2.C41H34N4.C38H31N3/c1-2-10-31(11-3-1)37-27-43(38-15-7-4-14-36(37)38)42-25-29-22-30(26-42)24-41(23-29,28-42)32-18-20-33(21-19-32)44-39-16-8-5-12-34(39)35-13-6-9-17-40(35)44;1-3-11-28(12-4-1)39-42-40(29-13-5-2-6-14-29)44-41(43-39)36-26-30-19-20-31(36)25-35(30)27-21-23-32(24-22-27)45-37-17-9-7-15-33(37)34-16-8-10-18-38(34)45;1-3-9-36-31(7-1)32-8-2-4-10-37(32)41(36)30-18-16-26(17-19-30)34-23-28-21-29(34)22-33(28)25-12-14-27(15-13-25)35-24-40-20-6-5-11-38(40)39-35/h1-21,27,29-30H,22-26,28H2;1-18,21-24,30-31,35-36H,19-20,25-26H2;1-20,24,28-29,33-34H,21-23H2. The Morgan fingerprint density at radius 1 is 0.269 bits per heavy atom. The van der Waals surface area contributed by atoms with Gasteiger partial charge in [0.25, 0.3) is 0 Å². The highest BCUT2D eigenvalue weighted by Crippen LogP contribution is 2.66. The first-order valence-corrected chi connectivity index (χ1v) is 47.6. The predicted molar refractivity (Wildman–Crippen MR) is 533 cm³/mol. The van der Waals surface area contributed by atoms with E-state index in [-0.39, 0.29) is 11.0 Å². The highest BCUT2D eigenvalue weighted by molar-refractivity contribution is 6.11. The molecule has 10 atom stereocenters. The predicted octanol–water partition coefficient (Wildman–Crippen LogP) is 30.0. The van der Waals surface area contributed by atoms with Gasteiger partial charge in [-0.25, -0.2) is 19.9 Å². The van der Waals surface area contributed by atoms with Crippen LogP contribution >= 0.6 is 0 Å². The molecule has 0 aliphatic heterocycles. The summed E-state index contributed by atoms with van der Waals surface area (Å²) in [6.45, 7) is 0. The number of hydrogen-bond donors (Lipinski definition) is 0. The van der Waals surface area contributed by atoms with Crippen molar-refractivity contribution in [2.75, 3.05) is 0 Å². The highest BCUT2D eigenvalue weighted by atomic mass is 15.1. The van der Waals surface area contributed by atoms with E-state index in [1.54, 1.807) is 5.56 Å². The molecule has 630 valence electrons. The molecule has 30 rings (SSSR count). The van der Waals surface area contributed by atoms with Crippen LogP contribution in [0.25, 0.3) is 144 Å². The minimum absolute atomic E-state index is 0.183. The van der Waals surface area contributed by atoms with E-state index in [0.717, 1.165) is 70.0 Å². The zero-order valence-electron chi connectivity index (χ0n) is 73.0. The summed E-state index contributed by atoms with van der Waals surface area (Å²) in [4.78, 5) is 20.0. The lowest BCUT2D eigenvalue weighted by atomic mass is 9.45. The minimum Gasteiger partial charge on any atom is -0.341 e. The molecule has 0 radical (unpaired) electrons. The maximum Gasteiger partial charge on any atom is 0.163 e. The average Bonchev–Trinajstić information content (AvgIpc) is 1.15. The lowest BCUT2D eigenvalue weighted by molar-refractivity contribution is -0.0606. The van der Waals surface area contributed by atoms with Crippen molar-refractivity contribution in [1.82, 2.24) is 42.6 Å². The Balaban J connectivity index is 0.000000103. The third kappa shape index (κ3) is 13.1. The Bertz CT molecular complexity index is 7580. The second-order valence-electron chi connectivity index (χ2n) is 39.1. The van der Waals surface area contributed by atoms with Gasteiger partial charge in [0, 0.05) is 113 Å². The topological polar surface area (TPSA) is 75.7 Å². The average molecular weight is 1680 g/mol. The van der Waals surface area contributed by atoms with Gasteiger partial charge in [-0.2, -0.15) is 0 Å². The molecule has 21 aromatic rings. The molecule has 9 saturated carbocycles.